The minimum atomic E-state index is -0.113. The van der Waals surface area contributed by atoms with Gasteiger partial charge in [0.05, 0.1) is 24.8 Å². The number of ether oxygens (including phenoxy) is 1. The zero-order chi connectivity index (χ0) is 18.6. The van der Waals surface area contributed by atoms with Crippen molar-refractivity contribution in [1.82, 2.24) is 9.80 Å². The largest absolute Gasteiger partial charge is 0.489 e. The van der Waals surface area contributed by atoms with Crippen LogP contribution in [0.15, 0.2) is 18.2 Å². The van der Waals surface area contributed by atoms with E-state index in [1.54, 1.807) is 37.2 Å². The lowest BCUT2D eigenvalue weighted by molar-refractivity contribution is -0.132. The Kier molecular flexibility index (Phi) is 6.25. The highest BCUT2D eigenvalue weighted by atomic mass is 16.5. The lowest BCUT2D eigenvalue weighted by Crippen LogP contribution is -2.45. The molecule has 0 fully saturated rings. The summed E-state index contributed by atoms with van der Waals surface area (Å²) >= 11 is 0. The fourth-order valence-electron chi connectivity index (χ4n) is 2.91. The van der Waals surface area contributed by atoms with Crippen LogP contribution in [0, 0.1) is 0 Å². The molecule has 1 aliphatic rings. The van der Waals surface area contributed by atoms with E-state index in [2.05, 4.69) is 0 Å². The van der Waals surface area contributed by atoms with Gasteiger partial charge in [-0.25, -0.2) is 0 Å². The van der Waals surface area contributed by atoms with Crippen LogP contribution in [0.1, 0.15) is 23.7 Å². The zero-order valence-electron chi connectivity index (χ0n) is 15.4. The Morgan fingerprint density at radius 1 is 1.36 bits per heavy atom. The number of amides is 2. The van der Waals surface area contributed by atoms with Crippen molar-refractivity contribution in [2.24, 2.45) is 0 Å². The molecule has 0 aromatic heterocycles. The van der Waals surface area contributed by atoms with Gasteiger partial charge in [0.1, 0.15) is 12.4 Å². The molecular formula is C18H27N3O4. The summed E-state index contributed by atoms with van der Waals surface area (Å²) in [4.78, 5) is 29.8. The molecule has 1 aromatic rings. The molecule has 1 heterocycles. The van der Waals surface area contributed by atoms with Gasteiger partial charge < -0.3 is 24.5 Å². The topological polar surface area (TPSA) is 73.3 Å². The molecule has 7 heteroatoms. The second kappa shape index (κ2) is 8.20. The van der Waals surface area contributed by atoms with Crippen LogP contribution in [-0.4, -0.2) is 80.2 Å². The highest BCUT2D eigenvalue weighted by molar-refractivity contribution is 5.95. The number of carbonyl (C=O) groups is 2. The molecule has 1 N–H and O–H groups in total. The first-order valence-electron chi connectivity index (χ1n) is 8.49. The first-order valence-corrected chi connectivity index (χ1v) is 8.49. The Morgan fingerprint density at radius 3 is 2.68 bits per heavy atom. The van der Waals surface area contributed by atoms with Gasteiger partial charge in [-0.3, -0.25) is 9.59 Å². The number of aliphatic hydroxyl groups excluding tert-OH is 1. The number of likely N-dealkylation sites (N-methyl/N-ethyl adjacent to an activating group) is 2. The number of rotatable bonds is 6. The minimum absolute atomic E-state index is 0.0130. The molecule has 0 saturated heterocycles. The molecule has 1 aromatic carbocycles. The number of aliphatic hydroxyl groups is 1. The summed E-state index contributed by atoms with van der Waals surface area (Å²) in [6.45, 7) is 3.16. The van der Waals surface area contributed by atoms with Crippen LogP contribution < -0.4 is 9.64 Å². The van der Waals surface area contributed by atoms with E-state index in [0.29, 0.717) is 37.4 Å². The quantitative estimate of drug-likeness (QED) is 0.823. The van der Waals surface area contributed by atoms with Crippen molar-refractivity contribution in [1.29, 1.82) is 0 Å². The summed E-state index contributed by atoms with van der Waals surface area (Å²) in [6.07, 6.45) is 0.301. The van der Waals surface area contributed by atoms with E-state index in [-0.39, 0.29) is 24.5 Å². The summed E-state index contributed by atoms with van der Waals surface area (Å²) in [6, 6.07) is 5.24. The van der Waals surface area contributed by atoms with Crippen LogP contribution in [-0.2, 0) is 4.79 Å². The molecule has 0 aliphatic carbocycles. The molecule has 7 nitrogen and oxygen atoms in total. The summed E-state index contributed by atoms with van der Waals surface area (Å²) in [5.41, 5.74) is 1.39. The van der Waals surface area contributed by atoms with Crippen molar-refractivity contribution in [3.8, 4) is 5.75 Å². The fraction of sp³-hybridized carbons (Fsp3) is 0.556. The van der Waals surface area contributed by atoms with Gasteiger partial charge in [0, 0.05) is 39.8 Å². The molecule has 0 bridgehead atoms. The summed E-state index contributed by atoms with van der Waals surface area (Å²) < 4.78 is 5.79. The van der Waals surface area contributed by atoms with Crippen molar-refractivity contribution < 1.29 is 19.4 Å². The van der Waals surface area contributed by atoms with E-state index in [4.69, 9.17) is 9.84 Å². The van der Waals surface area contributed by atoms with Gasteiger partial charge in [0.25, 0.3) is 5.91 Å². The van der Waals surface area contributed by atoms with Gasteiger partial charge in [-0.15, -0.1) is 0 Å². The standard InChI is InChI=1S/C18H27N3O4/c1-5-21(8-9-22)17(23)11-14-12-25-16-7-6-13(18(24)19(2)3)10-15(16)20(14)4/h6-7,10,14,22H,5,8-9,11-12H2,1-4H3/t14-/m1/s1. The SMILES string of the molecule is CCN(CCO)C(=O)C[C@@H]1COc2ccc(C(=O)N(C)C)cc2N1C. The maximum atomic E-state index is 12.4. The van der Waals surface area contributed by atoms with Crippen LogP contribution in [0.25, 0.3) is 0 Å². The lowest BCUT2D eigenvalue weighted by Gasteiger charge is -2.36. The van der Waals surface area contributed by atoms with Crippen molar-refractivity contribution in [3.05, 3.63) is 23.8 Å². The van der Waals surface area contributed by atoms with Crippen molar-refractivity contribution in [2.45, 2.75) is 19.4 Å². The van der Waals surface area contributed by atoms with E-state index in [9.17, 15) is 9.59 Å². The lowest BCUT2D eigenvalue weighted by atomic mass is 10.1. The van der Waals surface area contributed by atoms with Gasteiger partial charge in [0.15, 0.2) is 0 Å². The average Bonchev–Trinajstić information content (AvgIpc) is 2.60. The monoisotopic (exact) mass is 349 g/mol. The van der Waals surface area contributed by atoms with Gasteiger partial charge in [-0.05, 0) is 25.1 Å². The smallest absolute Gasteiger partial charge is 0.253 e. The Balaban J connectivity index is 2.16. The molecule has 1 atom stereocenters. The third-order valence-corrected chi connectivity index (χ3v) is 4.49. The van der Waals surface area contributed by atoms with E-state index < -0.39 is 0 Å². The van der Waals surface area contributed by atoms with E-state index in [1.165, 1.54) is 4.90 Å². The predicted molar refractivity (Wildman–Crippen MR) is 96.1 cm³/mol. The fourth-order valence-corrected chi connectivity index (χ4v) is 2.91. The molecule has 2 rings (SSSR count). The molecule has 138 valence electrons. The molecule has 25 heavy (non-hydrogen) atoms. The Labute approximate surface area is 148 Å². The van der Waals surface area contributed by atoms with Crippen molar-refractivity contribution >= 4 is 17.5 Å². The van der Waals surface area contributed by atoms with Crippen LogP contribution >= 0.6 is 0 Å². The third kappa shape index (κ3) is 4.22. The van der Waals surface area contributed by atoms with Crippen LogP contribution in [0.4, 0.5) is 5.69 Å². The molecule has 1 aliphatic heterocycles. The van der Waals surface area contributed by atoms with Crippen LogP contribution in [0.5, 0.6) is 5.75 Å². The first-order chi connectivity index (χ1) is 11.9. The number of benzene rings is 1. The maximum Gasteiger partial charge on any atom is 0.253 e. The number of carbonyl (C=O) groups excluding carboxylic acids is 2. The predicted octanol–water partition coefficient (Wildman–Crippen LogP) is 0.816. The summed E-state index contributed by atoms with van der Waals surface area (Å²) in [5.74, 6) is 0.625. The van der Waals surface area contributed by atoms with Gasteiger partial charge >= 0.3 is 0 Å². The third-order valence-electron chi connectivity index (χ3n) is 4.49. The highest BCUT2D eigenvalue weighted by Crippen LogP contribution is 2.34. The summed E-state index contributed by atoms with van der Waals surface area (Å²) in [7, 11) is 5.33. The number of fused-ring (bicyclic) bond motifs is 1. The number of anilines is 1. The second-order valence-electron chi connectivity index (χ2n) is 6.36. The molecule has 0 saturated carbocycles. The van der Waals surface area contributed by atoms with E-state index in [1.807, 2.05) is 18.9 Å². The van der Waals surface area contributed by atoms with E-state index >= 15 is 0 Å². The first kappa shape index (κ1) is 19.1. The van der Waals surface area contributed by atoms with Gasteiger partial charge in [-0.2, -0.15) is 0 Å². The van der Waals surface area contributed by atoms with E-state index in [0.717, 1.165) is 5.69 Å². The highest BCUT2D eigenvalue weighted by Gasteiger charge is 2.29. The molecule has 2 amide bonds. The Bertz CT molecular complexity index is 633. The summed E-state index contributed by atoms with van der Waals surface area (Å²) in [5, 5.41) is 9.07. The normalized spacial score (nSPS) is 16.0. The number of hydrogen-bond acceptors (Lipinski definition) is 5. The van der Waals surface area contributed by atoms with Gasteiger partial charge in [0.2, 0.25) is 5.91 Å². The Hall–Kier alpha value is -2.28. The molecule has 0 radical (unpaired) electrons. The molecule has 0 unspecified atom stereocenters. The Morgan fingerprint density at radius 2 is 2.08 bits per heavy atom. The number of hydrogen-bond donors (Lipinski definition) is 1. The molecular weight excluding hydrogens is 322 g/mol. The van der Waals surface area contributed by atoms with Crippen molar-refractivity contribution in [2.75, 3.05) is 52.3 Å². The maximum absolute atomic E-state index is 12.4. The van der Waals surface area contributed by atoms with Crippen molar-refractivity contribution in [3.63, 3.8) is 0 Å². The van der Waals surface area contributed by atoms with Crippen LogP contribution in [0.3, 0.4) is 0 Å². The zero-order valence-corrected chi connectivity index (χ0v) is 15.4. The molecule has 0 spiro atoms. The van der Waals surface area contributed by atoms with Crippen LogP contribution in [0.2, 0.25) is 0 Å². The average molecular weight is 349 g/mol. The van der Waals surface area contributed by atoms with Gasteiger partial charge in [-0.1, -0.05) is 0 Å². The number of nitrogens with zero attached hydrogens (tertiary/aromatic N) is 3. The second-order valence-corrected chi connectivity index (χ2v) is 6.36. The minimum Gasteiger partial charge on any atom is -0.489 e.